The molecule has 3 aliphatic heterocycles. The van der Waals surface area contributed by atoms with Crippen LogP contribution >= 0.6 is 0 Å². The van der Waals surface area contributed by atoms with Crippen LogP contribution < -0.4 is 24.6 Å². The molecule has 6 rings (SSSR count). The fraction of sp³-hybridized carbons (Fsp3) is 0.536. The number of ether oxygens (including phenoxy) is 2. The van der Waals surface area contributed by atoms with Crippen molar-refractivity contribution in [2.45, 2.75) is 44.6 Å². The highest BCUT2D eigenvalue weighted by molar-refractivity contribution is 5.94. The first kappa shape index (κ1) is 22.5. The minimum atomic E-state index is 0.0808. The van der Waals surface area contributed by atoms with Crippen molar-refractivity contribution in [2.75, 3.05) is 55.9 Å². The number of nitrogens with one attached hydrogen (secondary N) is 1. The summed E-state index contributed by atoms with van der Waals surface area (Å²) in [6.07, 6.45) is 6.85. The van der Waals surface area contributed by atoms with Gasteiger partial charge in [-0.15, -0.1) is 0 Å². The summed E-state index contributed by atoms with van der Waals surface area (Å²) >= 11 is 0. The van der Waals surface area contributed by atoms with Gasteiger partial charge in [-0.25, -0.2) is 4.79 Å². The highest BCUT2D eigenvalue weighted by Crippen LogP contribution is 2.41. The Balaban J connectivity index is 0.916. The Morgan fingerprint density at radius 2 is 1.69 bits per heavy atom. The molecule has 1 aliphatic carbocycles. The van der Waals surface area contributed by atoms with Crippen molar-refractivity contribution in [1.82, 2.24) is 10.2 Å². The minimum Gasteiger partial charge on any atom is -0.454 e. The van der Waals surface area contributed by atoms with E-state index in [9.17, 15) is 4.79 Å². The molecule has 1 saturated carbocycles. The molecule has 0 radical (unpaired) electrons. The lowest BCUT2D eigenvalue weighted by Crippen LogP contribution is -2.47. The molecule has 35 heavy (non-hydrogen) atoms. The number of carbonyl (C=O) groups excluding carboxylic acids is 1. The van der Waals surface area contributed by atoms with Crippen LogP contribution in [0.2, 0.25) is 0 Å². The van der Waals surface area contributed by atoms with Gasteiger partial charge in [-0.05, 0) is 74.8 Å². The highest BCUT2D eigenvalue weighted by atomic mass is 16.7. The predicted octanol–water partition coefficient (Wildman–Crippen LogP) is 4.26. The number of benzene rings is 2. The quantitative estimate of drug-likeness (QED) is 0.699. The first-order chi connectivity index (χ1) is 17.2. The lowest BCUT2D eigenvalue weighted by molar-refractivity contribution is 0.173. The predicted molar refractivity (Wildman–Crippen MR) is 138 cm³/mol. The van der Waals surface area contributed by atoms with Gasteiger partial charge in [0, 0.05) is 44.5 Å². The van der Waals surface area contributed by atoms with Gasteiger partial charge in [-0.2, -0.15) is 0 Å². The van der Waals surface area contributed by atoms with Crippen molar-refractivity contribution in [1.29, 1.82) is 0 Å². The van der Waals surface area contributed by atoms with Gasteiger partial charge in [0.2, 0.25) is 6.79 Å². The summed E-state index contributed by atoms with van der Waals surface area (Å²) in [4.78, 5) is 19.8. The number of nitrogens with zero attached hydrogens (tertiary/aromatic N) is 3. The Bertz CT molecular complexity index is 1040. The smallest absolute Gasteiger partial charge is 0.322 e. The van der Waals surface area contributed by atoms with E-state index in [0.29, 0.717) is 12.8 Å². The van der Waals surface area contributed by atoms with Crippen LogP contribution in [0.15, 0.2) is 42.5 Å². The molecular formula is C28H36N4O3. The third-order valence-electron chi connectivity index (χ3n) is 8.25. The summed E-state index contributed by atoms with van der Waals surface area (Å²) < 4.78 is 11.2. The maximum absolute atomic E-state index is 12.9. The van der Waals surface area contributed by atoms with Gasteiger partial charge in [-0.3, -0.25) is 9.80 Å². The number of hydrogen-bond acceptors (Lipinski definition) is 5. The van der Waals surface area contributed by atoms with E-state index in [1.54, 1.807) is 0 Å². The second kappa shape index (κ2) is 9.97. The van der Waals surface area contributed by atoms with Crippen LogP contribution in [0, 0.1) is 5.92 Å². The van der Waals surface area contributed by atoms with Crippen molar-refractivity contribution < 1.29 is 14.3 Å². The second-order valence-electron chi connectivity index (χ2n) is 10.3. The molecule has 2 aromatic rings. The van der Waals surface area contributed by atoms with Gasteiger partial charge >= 0.3 is 6.03 Å². The SMILES string of the molecule is O=C(NC1CCC(CCN2CCN(c3cccc4c3OCO4)CC2)CC1)N1CCc2ccccc21. The molecule has 186 valence electrons. The first-order valence-corrected chi connectivity index (χ1v) is 13.3. The number of fused-ring (bicyclic) bond motifs is 2. The molecule has 0 atom stereocenters. The fourth-order valence-electron chi connectivity index (χ4n) is 6.14. The average Bonchev–Trinajstić information content (AvgIpc) is 3.56. The van der Waals surface area contributed by atoms with Gasteiger partial charge in [0.05, 0.1) is 5.69 Å². The third-order valence-corrected chi connectivity index (χ3v) is 8.25. The van der Waals surface area contributed by atoms with Crippen molar-refractivity contribution in [3.8, 4) is 11.5 Å². The molecule has 2 fully saturated rings. The molecule has 0 spiro atoms. The van der Waals surface area contributed by atoms with Crippen molar-refractivity contribution in [2.24, 2.45) is 5.92 Å². The molecule has 2 aromatic carbocycles. The van der Waals surface area contributed by atoms with E-state index in [4.69, 9.17) is 9.47 Å². The van der Waals surface area contributed by atoms with Crippen LogP contribution in [-0.4, -0.2) is 63.0 Å². The van der Waals surface area contributed by atoms with E-state index >= 15 is 0 Å². The van der Waals surface area contributed by atoms with Gasteiger partial charge in [0.25, 0.3) is 0 Å². The molecule has 0 aromatic heterocycles. The third kappa shape index (κ3) is 4.79. The largest absolute Gasteiger partial charge is 0.454 e. The molecule has 3 heterocycles. The lowest BCUT2D eigenvalue weighted by atomic mass is 9.84. The van der Waals surface area contributed by atoms with Crippen LogP contribution in [0.25, 0.3) is 0 Å². The monoisotopic (exact) mass is 476 g/mol. The van der Waals surface area contributed by atoms with Gasteiger partial charge < -0.3 is 19.7 Å². The average molecular weight is 477 g/mol. The van der Waals surface area contributed by atoms with E-state index in [2.05, 4.69) is 45.4 Å². The zero-order chi connectivity index (χ0) is 23.6. The molecule has 2 amide bonds. The Morgan fingerprint density at radius 1 is 0.886 bits per heavy atom. The summed E-state index contributed by atoms with van der Waals surface area (Å²) in [6, 6.07) is 14.8. The minimum absolute atomic E-state index is 0.0808. The molecule has 7 heteroatoms. The Hall–Kier alpha value is -2.93. The number of hydrogen-bond donors (Lipinski definition) is 1. The van der Waals surface area contributed by atoms with Crippen LogP contribution in [0.4, 0.5) is 16.2 Å². The Morgan fingerprint density at radius 3 is 2.54 bits per heavy atom. The molecule has 1 N–H and O–H groups in total. The van der Waals surface area contributed by atoms with Crippen LogP contribution in [0.1, 0.15) is 37.7 Å². The van der Waals surface area contributed by atoms with E-state index in [0.717, 1.165) is 80.8 Å². The lowest BCUT2D eigenvalue weighted by Gasteiger charge is -2.37. The molecule has 0 unspecified atom stereocenters. The molecule has 0 bridgehead atoms. The number of amides is 2. The number of para-hydroxylation sites is 2. The molecule has 7 nitrogen and oxygen atoms in total. The topological polar surface area (TPSA) is 57.3 Å². The summed E-state index contributed by atoms with van der Waals surface area (Å²) in [7, 11) is 0. The molecule has 4 aliphatic rings. The number of anilines is 2. The normalized spacial score (nSPS) is 23.9. The van der Waals surface area contributed by atoms with E-state index < -0.39 is 0 Å². The number of rotatable bonds is 5. The van der Waals surface area contributed by atoms with E-state index in [1.165, 1.54) is 31.4 Å². The zero-order valence-corrected chi connectivity index (χ0v) is 20.5. The molecule has 1 saturated heterocycles. The van der Waals surface area contributed by atoms with Crippen LogP contribution in [0.3, 0.4) is 0 Å². The van der Waals surface area contributed by atoms with Gasteiger partial charge in [0.1, 0.15) is 0 Å². The van der Waals surface area contributed by atoms with E-state index in [1.807, 2.05) is 17.0 Å². The van der Waals surface area contributed by atoms with Gasteiger partial charge in [0.15, 0.2) is 11.5 Å². The highest BCUT2D eigenvalue weighted by Gasteiger charge is 2.29. The van der Waals surface area contributed by atoms with Gasteiger partial charge in [-0.1, -0.05) is 24.3 Å². The van der Waals surface area contributed by atoms with Crippen LogP contribution in [0.5, 0.6) is 11.5 Å². The van der Waals surface area contributed by atoms with Crippen molar-refractivity contribution in [3.63, 3.8) is 0 Å². The maximum Gasteiger partial charge on any atom is 0.322 e. The summed E-state index contributed by atoms with van der Waals surface area (Å²) in [5.41, 5.74) is 3.52. The Labute approximate surface area is 208 Å². The fourth-order valence-corrected chi connectivity index (χ4v) is 6.14. The number of carbonyl (C=O) groups is 1. The number of urea groups is 1. The van der Waals surface area contributed by atoms with Crippen molar-refractivity contribution >= 4 is 17.4 Å². The molecular weight excluding hydrogens is 440 g/mol. The standard InChI is InChI=1S/C28H36N4O3/c33-28(32-15-13-22-4-1-2-5-24(22)32)29-23-10-8-21(9-11-23)12-14-30-16-18-31(19-17-30)25-6-3-7-26-27(25)35-20-34-26/h1-7,21,23H,8-20H2,(H,29,33). The van der Waals surface area contributed by atoms with Crippen LogP contribution in [-0.2, 0) is 6.42 Å². The maximum atomic E-state index is 12.9. The van der Waals surface area contributed by atoms with E-state index in [-0.39, 0.29) is 6.03 Å². The first-order valence-electron chi connectivity index (χ1n) is 13.3. The summed E-state index contributed by atoms with van der Waals surface area (Å²) in [5.74, 6) is 2.54. The number of piperazine rings is 1. The second-order valence-corrected chi connectivity index (χ2v) is 10.3. The van der Waals surface area contributed by atoms with Crippen molar-refractivity contribution in [3.05, 3.63) is 48.0 Å². The summed E-state index contributed by atoms with van der Waals surface area (Å²) in [6.45, 7) is 6.52. The Kier molecular flexibility index (Phi) is 6.42. The summed E-state index contributed by atoms with van der Waals surface area (Å²) in [5, 5.41) is 3.32. The zero-order valence-electron chi connectivity index (χ0n) is 20.5.